The molecule has 1 aliphatic heterocycles. The molecular formula is C18H26N2O. The van der Waals surface area contributed by atoms with Crippen molar-refractivity contribution >= 4 is 5.91 Å². The Morgan fingerprint density at radius 1 is 1.38 bits per heavy atom. The van der Waals surface area contributed by atoms with Crippen molar-refractivity contribution < 1.29 is 4.79 Å². The van der Waals surface area contributed by atoms with Crippen molar-refractivity contribution in [1.82, 2.24) is 4.90 Å². The molecule has 21 heavy (non-hydrogen) atoms. The Kier molecular flexibility index (Phi) is 4.03. The monoisotopic (exact) mass is 286 g/mol. The zero-order valence-corrected chi connectivity index (χ0v) is 13.1. The SMILES string of the molecule is Cc1ccccc1[C@@H]1C[C@@H]1C(=O)N1CCC[C@@H]([C@@H](C)N)C1. The first-order valence-corrected chi connectivity index (χ1v) is 8.18. The van der Waals surface area contributed by atoms with Gasteiger partial charge in [-0.3, -0.25) is 4.79 Å². The maximum absolute atomic E-state index is 12.7. The summed E-state index contributed by atoms with van der Waals surface area (Å²) in [6.07, 6.45) is 3.27. The molecule has 1 aromatic rings. The van der Waals surface area contributed by atoms with Crippen LogP contribution >= 0.6 is 0 Å². The first-order chi connectivity index (χ1) is 10.1. The smallest absolute Gasteiger partial charge is 0.226 e. The number of benzene rings is 1. The first kappa shape index (κ1) is 14.6. The Labute approximate surface area is 127 Å². The van der Waals surface area contributed by atoms with E-state index in [0.717, 1.165) is 32.4 Å². The molecule has 1 saturated carbocycles. The molecule has 2 fully saturated rings. The molecule has 0 radical (unpaired) electrons. The molecule has 2 aliphatic rings. The van der Waals surface area contributed by atoms with Crippen LogP contribution in [0.25, 0.3) is 0 Å². The van der Waals surface area contributed by atoms with Crippen LogP contribution in [-0.4, -0.2) is 29.9 Å². The highest BCUT2D eigenvalue weighted by Crippen LogP contribution is 2.49. The van der Waals surface area contributed by atoms with Crippen molar-refractivity contribution in [2.24, 2.45) is 17.6 Å². The second-order valence-corrected chi connectivity index (χ2v) is 6.85. The van der Waals surface area contributed by atoms with Crippen LogP contribution in [0.3, 0.4) is 0 Å². The van der Waals surface area contributed by atoms with E-state index >= 15 is 0 Å². The number of hydrogen-bond donors (Lipinski definition) is 1. The summed E-state index contributed by atoms with van der Waals surface area (Å²) in [6, 6.07) is 8.65. The van der Waals surface area contributed by atoms with Gasteiger partial charge in [0.2, 0.25) is 5.91 Å². The van der Waals surface area contributed by atoms with Gasteiger partial charge in [-0.15, -0.1) is 0 Å². The lowest BCUT2D eigenvalue weighted by Gasteiger charge is -2.35. The second-order valence-electron chi connectivity index (χ2n) is 6.85. The number of likely N-dealkylation sites (tertiary alicyclic amines) is 1. The number of carbonyl (C=O) groups excluding carboxylic acids is 1. The van der Waals surface area contributed by atoms with Crippen LogP contribution in [-0.2, 0) is 4.79 Å². The molecule has 4 atom stereocenters. The summed E-state index contributed by atoms with van der Waals surface area (Å²) in [5, 5.41) is 0. The Bertz CT molecular complexity index is 526. The van der Waals surface area contributed by atoms with Gasteiger partial charge in [-0.2, -0.15) is 0 Å². The molecule has 0 aromatic heterocycles. The van der Waals surface area contributed by atoms with Gasteiger partial charge in [0.1, 0.15) is 0 Å². The minimum absolute atomic E-state index is 0.187. The molecule has 1 amide bonds. The van der Waals surface area contributed by atoms with E-state index in [4.69, 9.17) is 5.73 Å². The number of amides is 1. The summed E-state index contributed by atoms with van der Waals surface area (Å²) in [4.78, 5) is 14.8. The zero-order chi connectivity index (χ0) is 15.0. The van der Waals surface area contributed by atoms with E-state index in [2.05, 4.69) is 43.0 Å². The van der Waals surface area contributed by atoms with Crippen LogP contribution in [0, 0.1) is 18.8 Å². The summed E-state index contributed by atoms with van der Waals surface area (Å²) >= 11 is 0. The molecule has 0 bridgehead atoms. The standard InChI is InChI=1S/C18H26N2O/c1-12-6-3-4-8-15(12)16-10-17(16)18(21)20-9-5-7-14(11-20)13(2)19/h3-4,6,8,13-14,16-17H,5,7,9-11,19H2,1-2H3/t13-,14-,16+,17+/m1/s1. The van der Waals surface area contributed by atoms with Gasteiger partial charge in [0.25, 0.3) is 0 Å². The maximum Gasteiger partial charge on any atom is 0.226 e. The van der Waals surface area contributed by atoms with Crippen LogP contribution in [0.4, 0.5) is 0 Å². The van der Waals surface area contributed by atoms with Crippen LogP contribution in [0.5, 0.6) is 0 Å². The number of hydrogen-bond acceptors (Lipinski definition) is 2. The van der Waals surface area contributed by atoms with E-state index in [0.29, 0.717) is 17.7 Å². The summed E-state index contributed by atoms with van der Waals surface area (Å²) in [7, 11) is 0. The quantitative estimate of drug-likeness (QED) is 0.928. The number of rotatable bonds is 3. The van der Waals surface area contributed by atoms with Gasteiger partial charge in [0.15, 0.2) is 0 Å². The average Bonchev–Trinajstić information content (AvgIpc) is 3.27. The average molecular weight is 286 g/mol. The van der Waals surface area contributed by atoms with Gasteiger partial charge in [-0.05, 0) is 56.1 Å². The Morgan fingerprint density at radius 3 is 2.86 bits per heavy atom. The summed E-state index contributed by atoms with van der Waals surface area (Å²) in [5.74, 6) is 1.47. The summed E-state index contributed by atoms with van der Waals surface area (Å²) < 4.78 is 0. The van der Waals surface area contributed by atoms with Crippen molar-refractivity contribution in [2.45, 2.75) is 45.1 Å². The minimum Gasteiger partial charge on any atom is -0.342 e. The Morgan fingerprint density at radius 2 is 2.14 bits per heavy atom. The normalized spacial score (nSPS) is 30.0. The highest BCUT2D eigenvalue weighted by Gasteiger charge is 2.46. The topological polar surface area (TPSA) is 46.3 Å². The molecule has 3 rings (SSSR count). The zero-order valence-electron chi connectivity index (χ0n) is 13.1. The maximum atomic E-state index is 12.7. The molecule has 3 heteroatoms. The van der Waals surface area contributed by atoms with E-state index in [9.17, 15) is 4.79 Å². The van der Waals surface area contributed by atoms with Gasteiger partial charge in [0, 0.05) is 25.0 Å². The fourth-order valence-electron chi connectivity index (χ4n) is 3.69. The molecule has 1 aliphatic carbocycles. The number of aryl methyl sites for hydroxylation is 1. The molecule has 1 saturated heterocycles. The van der Waals surface area contributed by atoms with Gasteiger partial charge >= 0.3 is 0 Å². The molecule has 3 nitrogen and oxygen atoms in total. The summed E-state index contributed by atoms with van der Waals surface area (Å²) in [5.41, 5.74) is 8.69. The fraction of sp³-hybridized carbons (Fsp3) is 0.611. The predicted octanol–water partition coefficient (Wildman–Crippen LogP) is 2.68. The minimum atomic E-state index is 0.187. The molecule has 2 N–H and O–H groups in total. The number of nitrogens with two attached hydrogens (primary N) is 1. The van der Waals surface area contributed by atoms with Gasteiger partial charge in [0.05, 0.1) is 0 Å². The molecule has 0 unspecified atom stereocenters. The van der Waals surface area contributed by atoms with Crippen molar-refractivity contribution in [1.29, 1.82) is 0 Å². The third-order valence-corrected chi connectivity index (χ3v) is 5.21. The molecule has 114 valence electrons. The third kappa shape index (κ3) is 2.98. The van der Waals surface area contributed by atoms with Crippen LogP contribution in [0.15, 0.2) is 24.3 Å². The fourth-order valence-corrected chi connectivity index (χ4v) is 3.69. The number of nitrogens with zero attached hydrogens (tertiary/aromatic N) is 1. The van der Waals surface area contributed by atoms with E-state index in [1.807, 2.05) is 0 Å². The highest BCUT2D eigenvalue weighted by atomic mass is 16.2. The van der Waals surface area contributed by atoms with E-state index in [1.54, 1.807) is 0 Å². The van der Waals surface area contributed by atoms with Crippen molar-refractivity contribution in [3.05, 3.63) is 35.4 Å². The molecule has 1 aromatic carbocycles. The molecule has 0 spiro atoms. The predicted molar refractivity (Wildman–Crippen MR) is 85.0 cm³/mol. The van der Waals surface area contributed by atoms with Crippen molar-refractivity contribution in [2.75, 3.05) is 13.1 Å². The summed E-state index contributed by atoms with van der Waals surface area (Å²) in [6.45, 7) is 5.97. The van der Waals surface area contributed by atoms with E-state index < -0.39 is 0 Å². The lowest BCUT2D eigenvalue weighted by atomic mass is 9.92. The van der Waals surface area contributed by atoms with Crippen molar-refractivity contribution in [3.8, 4) is 0 Å². The van der Waals surface area contributed by atoms with Crippen molar-refractivity contribution in [3.63, 3.8) is 0 Å². The first-order valence-electron chi connectivity index (χ1n) is 8.18. The second kappa shape index (κ2) is 5.80. The van der Waals surface area contributed by atoms with E-state index in [1.165, 1.54) is 11.1 Å². The highest BCUT2D eigenvalue weighted by molar-refractivity contribution is 5.83. The Hall–Kier alpha value is -1.35. The van der Waals surface area contributed by atoms with Crippen LogP contribution in [0.2, 0.25) is 0 Å². The number of piperidine rings is 1. The van der Waals surface area contributed by atoms with Crippen LogP contribution < -0.4 is 5.73 Å². The van der Waals surface area contributed by atoms with Gasteiger partial charge < -0.3 is 10.6 Å². The van der Waals surface area contributed by atoms with E-state index in [-0.39, 0.29) is 12.0 Å². The lowest BCUT2D eigenvalue weighted by molar-refractivity contribution is -0.134. The largest absolute Gasteiger partial charge is 0.342 e. The Balaban J connectivity index is 1.64. The molecular weight excluding hydrogens is 260 g/mol. The third-order valence-electron chi connectivity index (χ3n) is 5.21. The van der Waals surface area contributed by atoms with Crippen LogP contribution in [0.1, 0.15) is 43.2 Å². The lowest BCUT2D eigenvalue weighted by Crippen LogP contribution is -2.45. The number of carbonyl (C=O) groups is 1. The molecule has 1 heterocycles. The van der Waals surface area contributed by atoms with Gasteiger partial charge in [-0.25, -0.2) is 0 Å². The van der Waals surface area contributed by atoms with Gasteiger partial charge in [-0.1, -0.05) is 24.3 Å².